The number of fused-ring (bicyclic) bond motifs is 1. The average Bonchev–Trinajstić information content (AvgIpc) is 3.26. The molecular weight excluding hydrogens is 427 g/mol. The van der Waals surface area contributed by atoms with Gasteiger partial charge in [-0.15, -0.1) is 0 Å². The molecule has 1 amide bonds. The van der Waals surface area contributed by atoms with Crippen molar-refractivity contribution in [1.29, 1.82) is 0 Å². The predicted octanol–water partition coefficient (Wildman–Crippen LogP) is 6.35. The number of carbonyl (C=O) groups is 1. The number of halogens is 1. The van der Waals surface area contributed by atoms with Crippen LogP contribution < -0.4 is 5.32 Å². The zero-order chi connectivity index (χ0) is 23.7. The third-order valence-electron chi connectivity index (χ3n) is 5.94. The molecule has 0 aliphatic rings. The smallest absolute Gasteiger partial charge is 0.256 e. The number of nitrogens with one attached hydrogen (secondary N) is 1. The molecule has 2 aromatic heterocycles. The normalized spacial score (nSPS) is 11.0. The minimum atomic E-state index is -0.355. The van der Waals surface area contributed by atoms with Crippen molar-refractivity contribution in [1.82, 2.24) is 14.8 Å². The van der Waals surface area contributed by atoms with E-state index in [0.717, 1.165) is 28.8 Å². The lowest BCUT2D eigenvalue weighted by Gasteiger charge is -2.11. The van der Waals surface area contributed by atoms with Gasteiger partial charge in [-0.25, -0.2) is 14.1 Å². The topological polar surface area (TPSA) is 59.8 Å². The molecule has 0 aliphatic carbocycles. The van der Waals surface area contributed by atoms with Crippen molar-refractivity contribution < 1.29 is 9.18 Å². The van der Waals surface area contributed by atoms with Gasteiger partial charge in [0.05, 0.1) is 34.4 Å². The molecule has 0 spiro atoms. The van der Waals surface area contributed by atoms with Crippen LogP contribution in [0.4, 0.5) is 10.1 Å². The molecule has 168 valence electrons. The molecule has 0 aliphatic heterocycles. The predicted molar refractivity (Wildman–Crippen MR) is 133 cm³/mol. The van der Waals surface area contributed by atoms with Crippen molar-refractivity contribution >= 4 is 22.5 Å². The molecule has 0 bridgehead atoms. The Labute approximate surface area is 196 Å². The van der Waals surface area contributed by atoms with Crippen LogP contribution in [0.3, 0.4) is 0 Å². The maximum Gasteiger partial charge on any atom is 0.256 e. The number of para-hydroxylation sites is 1. The number of pyridine rings is 1. The summed E-state index contributed by atoms with van der Waals surface area (Å²) < 4.78 is 15.1. The Bertz CT molecular complexity index is 1490. The summed E-state index contributed by atoms with van der Waals surface area (Å²) in [6.45, 7) is 4.12. The SMILES string of the molecule is CCc1ccc(-n2ncc(-c3cc(C(=O)Nc4ccc(F)cc4)c4ccccc4n3)c2C)cc1. The fourth-order valence-corrected chi connectivity index (χ4v) is 4.03. The summed E-state index contributed by atoms with van der Waals surface area (Å²) in [5, 5.41) is 8.19. The Morgan fingerprint density at radius 1 is 1.00 bits per heavy atom. The molecule has 0 fully saturated rings. The van der Waals surface area contributed by atoms with E-state index >= 15 is 0 Å². The highest BCUT2D eigenvalue weighted by atomic mass is 19.1. The Kier molecular flexibility index (Phi) is 5.64. The number of carbonyl (C=O) groups excluding carboxylic acids is 1. The molecule has 0 saturated heterocycles. The quantitative estimate of drug-likeness (QED) is 0.339. The highest BCUT2D eigenvalue weighted by Crippen LogP contribution is 2.29. The second kappa shape index (κ2) is 8.90. The summed E-state index contributed by atoms with van der Waals surface area (Å²) in [5.74, 6) is -0.641. The Hall–Kier alpha value is -4.32. The van der Waals surface area contributed by atoms with Gasteiger partial charge in [-0.2, -0.15) is 5.10 Å². The van der Waals surface area contributed by atoms with Crippen molar-refractivity contribution in [2.24, 2.45) is 0 Å². The van der Waals surface area contributed by atoms with Crippen molar-refractivity contribution in [2.75, 3.05) is 5.32 Å². The summed E-state index contributed by atoms with van der Waals surface area (Å²) in [5.41, 5.74) is 6.40. The number of aromatic nitrogens is 3. The van der Waals surface area contributed by atoms with Gasteiger partial charge in [0.2, 0.25) is 0 Å². The van der Waals surface area contributed by atoms with Crippen LogP contribution in [0.5, 0.6) is 0 Å². The lowest BCUT2D eigenvalue weighted by Crippen LogP contribution is -2.13. The Morgan fingerprint density at radius 3 is 2.47 bits per heavy atom. The van der Waals surface area contributed by atoms with Crippen LogP contribution in [0.15, 0.2) is 85.1 Å². The van der Waals surface area contributed by atoms with Crippen LogP contribution in [-0.4, -0.2) is 20.7 Å². The third-order valence-corrected chi connectivity index (χ3v) is 5.94. The van der Waals surface area contributed by atoms with Crippen molar-refractivity contribution in [3.05, 3.63) is 108 Å². The first-order chi connectivity index (χ1) is 16.5. The number of hydrogen-bond acceptors (Lipinski definition) is 3. The molecular formula is C28H23FN4O. The molecule has 0 atom stereocenters. The largest absolute Gasteiger partial charge is 0.322 e. The van der Waals surface area contributed by atoms with Gasteiger partial charge in [-0.3, -0.25) is 4.79 Å². The number of benzene rings is 3. The van der Waals surface area contributed by atoms with Crippen LogP contribution in [0.25, 0.3) is 27.8 Å². The van der Waals surface area contributed by atoms with Crippen LogP contribution in [0.1, 0.15) is 28.5 Å². The fourth-order valence-electron chi connectivity index (χ4n) is 4.03. The van der Waals surface area contributed by atoms with E-state index in [0.29, 0.717) is 22.5 Å². The lowest BCUT2D eigenvalue weighted by atomic mass is 10.0. The van der Waals surface area contributed by atoms with Gasteiger partial charge >= 0.3 is 0 Å². The minimum Gasteiger partial charge on any atom is -0.322 e. The van der Waals surface area contributed by atoms with Gasteiger partial charge in [0.25, 0.3) is 5.91 Å². The summed E-state index contributed by atoms with van der Waals surface area (Å²) in [7, 11) is 0. The molecule has 5 nitrogen and oxygen atoms in total. The van der Waals surface area contributed by atoms with Gasteiger partial charge in [0, 0.05) is 16.6 Å². The average molecular weight is 451 g/mol. The van der Waals surface area contributed by atoms with Gasteiger partial charge < -0.3 is 5.32 Å². The van der Waals surface area contributed by atoms with Crippen LogP contribution in [0.2, 0.25) is 0 Å². The second-order valence-corrected chi connectivity index (χ2v) is 8.11. The number of anilines is 1. The summed E-state index contributed by atoms with van der Waals surface area (Å²) in [6, 6.07) is 23.3. The first kappa shape index (κ1) is 21.5. The van der Waals surface area contributed by atoms with E-state index in [9.17, 15) is 9.18 Å². The number of rotatable bonds is 5. The van der Waals surface area contributed by atoms with Crippen LogP contribution in [-0.2, 0) is 6.42 Å². The molecule has 5 rings (SSSR count). The van der Waals surface area contributed by atoms with Gasteiger partial charge in [-0.1, -0.05) is 37.3 Å². The minimum absolute atomic E-state index is 0.286. The fraction of sp³-hybridized carbons (Fsp3) is 0.107. The summed E-state index contributed by atoms with van der Waals surface area (Å²) >= 11 is 0. The molecule has 1 N–H and O–H groups in total. The van der Waals surface area contributed by atoms with Crippen LogP contribution >= 0.6 is 0 Å². The lowest BCUT2D eigenvalue weighted by molar-refractivity contribution is 0.102. The number of aryl methyl sites for hydroxylation is 1. The Morgan fingerprint density at radius 2 is 1.74 bits per heavy atom. The van der Waals surface area contributed by atoms with E-state index < -0.39 is 0 Å². The van der Waals surface area contributed by atoms with E-state index in [1.54, 1.807) is 12.3 Å². The maximum absolute atomic E-state index is 13.3. The first-order valence-electron chi connectivity index (χ1n) is 11.1. The molecule has 0 radical (unpaired) electrons. The van der Waals surface area contributed by atoms with Crippen molar-refractivity contribution in [3.8, 4) is 16.9 Å². The third kappa shape index (κ3) is 4.06. The monoisotopic (exact) mass is 450 g/mol. The van der Waals surface area contributed by atoms with E-state index in [-0.39, 0.29) is 11.7 Å². The molecule has 3 aromatic carbocycles. The Balaban J connectivity index is 1.56. The highest BCUT2D eigenvalue weighted by molar-refractivity contribution is 6.13. The van der Waals surface area contributed by atoms with E-state index in [4.69, 9.17) is 4.98 Å². The van der Waals surface area contributed by atoms with Crippen molar-refractivity contribution in [2.45, 2.75) is 20.3 Å². The van der Waals surface area contributed by atoms with Crippen LogP contribution in [0, 0.1) is 12.7 Å². The zero-order valence-corrected chi connectivity index (χ0v) is 18.9. The number of nitrogens with zero attached hydrogens (tertiary/aromatic N) is 3. The number of hydrogen-bond donors (Lipinski definition) is 1. The number of amides is 1. The molecule has 0 saturated carbocycles. The highest BCUT2D eigenvalue weighted by Gasteiger charge is 2.17. The molecule has 2 heterocycles. The standard InChI is InChI=1S/C28H23FN4O/c1-3-19-8-14-22(15-9-19)33-18(2)25(17-30-33)27-16-24(23-6-4-5-7-26(23)32-27)28(34)31-21-12-10-20(29)11-13-21/h4-17H,3H2,1-2H3,(H,31,34). The molecule has 6 heteroatoms. The van der Waals surface area contributed by atoms with Gasteiger partial charge in [0.15, 0.2) is 0 Å². The first-order valence-corrected chi connectivity index (χ1v) is 11.1. The van der Waals surface area contributed by atoms with E-state index in [1.807, 2.05) is 35.9 Å². The molecule has 34 heavy (non-hydrogen) atoms. The van der Waals surface area contributed by atoms with E-state index in [2.05, 4.69) is 41.6 Å². The zero-order valence-electron chi connectivity index (χ0n) is 18.9. The second-order valence-electron chi connectivity index (χ2n) is 8.11. The molecule has 5 aromatic rings. The maximum atomic E-state index is 13.3. The van der Waals surface area contributed by atoms with Gasteiger partial charge in [-0.05, 0) is 67.4 Å². The van der Waals surface area contributed by atoms with E-state index in [1.165, 1.54) is 29.8 Å². The molecule has 0 unspecified atom stereocenters. The summed E-state index contributed by atoms with van der Waals surface area (Å²) in [6.07, 6.45) is 2.76. The van der Waals surface area contributed by atoms with Crippen molar-refractivity contribution in [3.63, 3.8) is 0 Å². The summed E-state index contributed by atoms with van der Waals surface area (Å²) in [4.78, 5) is 18.0. The van der Waals surface area contributed by atoms with Gasteiger partial charge in [0.1, 0.15) is 5.82 Å².